The lowest BCUT2D eigenvalue weighted by Crippen LogP contribution is -2.32. The van der Waals surface area contributed by atoms with E-state index < -0.39 is 0 Å². The van der Waals surface area contributed by atoms with Gasteiger partial charge >= 0.3 is 0 Å². The minimum absolute atomic E-state index is 0.0861. The highest BCUT2D eigenvalue weighted by atomic mass is 32.1. The van der Waals surface area contributed by atoms with Crippen LogP contribution in [-0.2, 0) is 0 Å². The number of benzene rings is 1. The van der Waals surface area contributed by atoms with E-state index in [-0.39, 0.29) is 11.7 Å². The lowest BCUT2D eigenvalue weighted by atomic mass is 9.92. The van der Waals surface area contributed by atoms with E-state index in [2.05, 4.69) is 9.88 Å². The molecule has 94 valence electrons. The van der Waals surface area contributed by atoms with E-state index in [9.17, 15) is 4.79 Å². The highest BCUT2D eigenvalue weighted by molar-refractivity contribution is 7.14. The normalized spacial score (nSPS) is 21.1. The SMILES string of the molecule is O=C1c2ccccc2N=C2C1CCN2c1cncs1. The predicted octanol–water partition coefficient (Wildman–Crippen LogP) is 2.90. The molecule has 4 rings (SSSR count). The molecule has 5 heteroatoms. The van der Waals surface area contributed by atoms with E-state index in [0.717, 1.165) is 35.1 Å². The number of thiazole rings is 1. The zero-order valence-corrected chi connectivity index (χ0v) is 10.9. The quantitative estimate of drug-likeness (QED) is 0.799. The Hall–Kier alpha value is -2.01. The monoisotopic (exact) mass is 269 g/mol. The van der Waals surface area contributed by atoms with Crippen molar-refractivity contribution in [3.63, 3.8) is 0 Å². The third-order valence-electron chi connectivity index (χ3n) is 3.64. The topological polar surface area (TPSA) is 45.6 Å². The molecule has 0 spiro atoms. The van der Waals surface area contributed by atoms with Crippen molar-refractivity contribution in [3.8, 4) is 0 Å². The van der Waals surface area contributed by atoms with Crippen LogP contribution in [0.4, 0.5) is 10.7 Å². The average Bonchev–Trinajstić information content (AvgIpc) is 3.07. The Morgan fingerprint density at radius 2 is 2.21 bits per heavy atom. The van der Waals surface area contributed by atoms with E-state index in [4.69, 9.17) is 4.99 Å². The Morgan fingerprint density at radius 1 is 1.32 bits per heavy atom. The summed E-state index contributed by atoms with van der Waals surface area (Å²) in [6, 6.07) is 7.59. The van der Waals surface area contributed by atoms with Crippen molar-refractivity contribution in [3.05, 3.63) is 41.5 Å². The van der Waals surface area contributed by atoms with Crippen molar-refractivity contribution in [2.75, 3.05) is 11.4 Å². The van der Waals surface area contributed by atoms with Gasteiger partial charge in [-0.2, -0.15) is 0 Å². The molecule has 0 amide bonds. The number of rotatable bonds is 1. The lowest BCUT2D eigenvalue weighted by molar-refractivity contribution is 0.0954. The van der Waals surface area contributed by atoms with Gasteiger partial charge in [-0.3, -0.25) is 9.78 Å². The molecule has 0 N–H and O–H groups in total. The van der Waals surface area contributed by atoms with E-state index >= 15 is 0 Å². The molecule has 1 aromatic carbocycles. The van der Waals surface area contributed by atoms with E-state index in [1.807, 2.05) is 36.0 Å². The fourth-order valence-electron chi connectivity index (χ4n) is 2.73. The summed E-state index contributed by atoms with van der Waals surface area (Å²) < 4.78 is 0. The number of fused-ring (bicyclic) bond motifs is 2. The minimum atomic E-state index is -0.0861. The van der Waals surface area contributed by atoms with Crippen LogP contribution < -0.4 is 4.90 Å². The second-order valence-electron chi connectivity index (χ2n) is 4.68. The zero-order valence-electron chi connectivity index (χ0n) is 10.1. The molecule has 1 saturated heterocycles. The third kappa shape index (κ3) is 1.55. The maximum Gasteiger partial charge on any atom is 0.175 e. The molecule has 1 aromatic heterocycles. The average molecular weight is 269 g/mol. The van der Waals surface area contributed by atoms with Gasteiger partial charge in [-0.15, -0.1) is 11.3 Å². The fourth-order valence-corrected chi connectivity index (χ4v) is 3.40. The molecule has 4 nitrogen and oxygen atoms in total. The van der Waals surface area contributed by atoms with Crippen molar-refractivity contribution < 1.29 is 4.79 Å². The van der Waals surface area contributed by atoms with Crippen LogP contribution in [0.5, 0.6) is 0 Å². The zero-order chi connectivity index (χ0) is 12.8. The first-order valence-electron chi connectivity index (χ1n) is 6.22. The summed E-state index contributed by atoms with van der Waals surface area (Å²) in [5, 5.41) is 1.06. The highest BCUT2D eigenvalue weighted by Crippen LogP contribution is 2.37. The molecule has 0 aliphatic carbocycles. The van der Waals surface area contributed by atoms with E-state index in [1.165, 1.54) is 0 Å². The number of nitrogens with zero attached hydrogens (tertiary/aromatic N) is 3. The Morgan fingerprint density at radius 3 is 3.05 bits per heavy atom. The number of anilines is 1. The molecule has 0 saturated carbocycles. The first-order valence-corrected chi connectivity index (χ1v) is 7.10. The minimum Gasteiger partial charge on any atom is -0.320 e. The van der Waals surface area contributed by atoms with E-state index in [1.54, 1.807) is 11.3 Å². The molecule has 2 aromatic rings. The molecule has 1 unspecified atom stereocenters. The second kappa shape index (κ2) is 3.99. The smallest absolute Gasteiger partial charge is 0.175 e. The molecule has 1 fully saturated rings. The van der Waals surface area contributed by atoms with Crippen LogP contribution in [0.3, 0.4) is 0 Å². The summed E-state index contributed by atoms with van der Waals surface area (Å²) in [7, 11) is 0. The molecule has 19 heavy (non-hydrogen) atoms. The number of hydrogen-bond acceptors (Lipinski definition) is 5. The number of para-hydroxylation sites is 1. The molecular formula is C14H11N3OS. The van der Waals surface area contributed by atoms with Gasteiger partial charge in [0.05, 0.1) is 23.3 Å². The molecular weight excluding hydrogens is 258 g/mol. The van der Waals surface area contributed by atoms with Crippen LogP contribution in [0.1, 0.15) is 16.8 Å². The Labute approximate surface area is 114 Å². The van der Waals surface area contributed by atoms with Crippen LogP contribution in [0.15, 0.2) is 41.0 Å². The third-order valence-corrected chi connectivity index (χ3v) is 4.43. The van der Waals surface area contributed by atoms with Crippen LogP contribution in [0.25, 0.3) is 0 Å². The Kier molecular flexibility index (Phi) is 2.29. The summed E-state index contributed by atoms with van der Waals surface area (Å²) in [4.78, 5) is 23.4. The van der Waals surface area contributed by atoms with Crippen molar-refractivity contribution in [1.82, 2.24) is 4.98 Å². The number of aromatic nitrogens is 1. The van der Waals surface area contributed by atoms with E-state index in [0.29, 0.717) is 0 Å². The van der Waals surface area contributed by atoms with Gasteiger partial charge in [0.15, 0.2) is 5.78 Å². The molecule has 2 aliphatic rings. The van der Waals surface area contributed by atoms with Crippen molar-refractivity contribution in [2.24, 2.45) is 10.9 Å². The maximum absolute atomic E-state index is 12.5. The molecule has 0 radical (unpaired) electrons. The molecule has 0 bridgehead atoms. The van der Waals surface area contributed by atoms with Crippen LogP contribution in [0.2, 0.25) is 0 Å². The van der Waals surface area contributed by atoms with Crippen LogP contribution in [-0.4, -0.2) is 23.1 Å². The Bertz CT molecular complexity index is 678. The van der Waals surface area contributed by atoms with Gasteiger partial charge in [-0.1, -0.05) is 12.1 Å². The number of ketones is 1. The Balaban J connectivity index is 1.84. The summed E-state index contributed by atoms with van der Waals surface area (Å²) in [6.07, 6.45) is 2.67. The summed E-state index contributed by atoms with van der Waals surface area (Å²) in [5.41, 5.74) is 3.35. The van der Waals surface area contributed by atoms with Gasteiger partial charge in [-0.05, 0) is 18.6 Å². The fraction of sp³-hybridized carbons (Fsp3) is 0.214. The standard InChI is InChI=1S/C14H11N3OS/c18-13-9-3-1-2-4-11(9)16-14-10(13)5-6-17(14)12-7-15-8-19-12/h1-4,7-8,10H,5-6H2. The molecule has 3 heterocycles. The number of Topliss-reactive ketones (excluding diaryl/α,β-unsaturated/α-hetero) is 1. The van der Waals surface area contributed by atoms with Gasteiger partial charge in [0, 0.05) is 12.1 Å². The second-order valence-corrected chi connectivity index (χ2v) is 5.55. The van der Waals surface area contributed by atoms with Gasteiger partial charge in [0.2, 0.25) is 0 Å². The maximum atomic E-state index is 12.5. The predicted molar refractivity (Wildman–Crippen MR) is 75.4 cm³/mol. The van der Waals surface area contributed by atoms with Crippen molar-refractivity contribution in [2.45, 2.75) is 6.42 Å². The molecule has 1 atom stereocenters. The van der Waals surface area contributed by atoms with Crippen LogP contribution >= 0.6 is 11.3 Å². The summed E-state index contributed by atoms with van der Waals surface area (Å²) in [5.74, 6) is 0.998. The summed E-state index contributed by atoms with van der Waals surface area (Å²) >= 11 is 1.58. The number of amidine groups is 1. The van der Waals surface area contributed by atoms with Gasteiger partial charge in [-0.25, -0.2) is 4.99 Å². The number of aliphatic imine (C=N–C) groups is 1. The largest absolute Gasteiger partial charge is 0.320 e. The van der Waals surface area contributed by atoms with Crippen molar-refractivity contribution >= 4 is 33.6 Å². The van der Waals surface area contributed by atoms with Gasteiger partial charge in [0.1, 0.15) is 10.8 Å². The van der Waals surface area contributed by atoms with Crippen molar-refractivity contribution in [1.29, 1.82) is 0 Å². The first kappa shape index (κ1) is 10.9. The molecule has 2 aliphatic heterocycles. The first-order chi connectivity index (χ1) is 9.34. The number of hydrogen-bond donors (Lipinski definition) is 0. The number of carbonyl (C=O) groups excluding carboxylic acids is 1. The van der Waals surface area contributed by atoms with Gasteiger partial charge in [0.25, 0.3) is 0 Å². The lowest BCUT2D eigenvalue weighted by Gasteiger charge is -2.22. The summed E-state index contributed by atoms with van der Waals surface area (Å²) in [6.45, 7) is 0.839. The van der Waals surface area contributed by atoms with Crippen LogP contribution in [0, 0.1) is 5.92 Å². The highest BCUT2D eigenvalue weighted by Gasteiger charge is 2.39. The van der Waals surface area contributed by atoms with Gasteiger partial charge < -0.3 is 4.90 Å². The number of carbonyl (C=O) groups is 1.